The number of nitriles is 1. The lowest BCUT2D eigenvalue weighted by Crippen LogP contribution is -2.34. The Kier molecular flexibility index (Phi) is 3.87. The van der Waals surface area contributed by atoms with Crippen LogP contribution in [0.4, 0.5) is 0 Å². The van der Waals surface area contributed by atoms with Gasteiger partial charge in [0.05, 0.1) is 5.56 Å². The first-order valence-electron chi connectivity index (χ1n) is 6.54. The van der Waals surface area contributed by atoms with Gasteiger partial charge in [-0.15, -0.1) is 0 Å². The molecule has 0 bridgehead atoms. The fraction of sp³-hybridized carbons (Fsp3) is 0.500. The summed E-state index contributed by atoms with van der Waals surface area (Å²) in [6.45, 7) is 5.05. The molecule has 1 aromatic carbocycles. The van der Waals surface area contributed by atoms with Crippen LogP contribution in [-0.4, -0.2) is 32.4 Å². The molecule has 108 valence electrons. The molecular weight excluding hydrogens is 274 g/mol. The summed E-state index contributed by atoms with van der Waals surface area (Å²) in [6, 6.07) is 6.91. The second-order valence-corrected chi connectivity index (χ2v) is 7.57. The molecule has 1 heterocycles. The Balaban J connectivity index is 2.43. The van der Waals surface area contributed by atoms with Gasteiger partial charge in [-0.3, -0.25) is 0 Å². The number of nitrogens with zero attached hydrogens (tertiary/aromatic N) is 2. The molecule has 1 aliphatic rings. The average molecular weight is 293 g/mol. The van der Waals surface area contributed by atoms with Crippen molar-refractivity contribution < 1.29 is 8.42 Å². The zero-order valence-corrected chi connectivity index (χ0v) is 12.6. The Morgan fingerprint density at radius 1 is 1.50 bits per heavy atom. The molecule has 6 heteroatoms. The fourth-order valence-electron chi connectivity index (χ4n) is 2.49. The molecule has 2 N–H and O–H groups in total. The quantitative estimate of drug-likeness (QED) is 0.908. The van der Waals surface area contributed by atoms with Crippen molar-refractivity contribution in [2.45, 2.75) is 25.2 Å². The van der Waals surface area contributed by atoms with E-state index in [0.717, 1.165) is 6.42 Å². The molecule has 2 rings (SSSR count). The number of hydrogen-bond acceptors (Lipinski definition) is 4. The highest BCUT2D eigenvalue weighted by molar-refractivity contribution is 7.89. The van der Waals surface area contributed by atoms with Gasteiger partial charge in [0, 0.05) is 13.1 Å². The number of hydrogen-bond donors (Lipinski definition) is 1. The average Bonchev–Trinajstić information content (AvgIpc) is 2.82. The summed E-state index contributed by atoms with van der Waals surface area (Å²) in [7, 11) is -3.63. The molecule has 1 aliphatic heterocycles. The fourth-order valence-corrected chi connectivity index (χ4v) is 4.29. The van der Waals surface area contributed by atoms with E-state index in [0.29, 0.717) is 25.2 Å². The molecule has 0 spiro atoms. The van der Waals surface area contributed by atoms with Crippen molar-refractivity contribution >= 4 is 10.0 Å². The van der Waals surface area contributed by atoms with Crippen molar-refractivity contribution in [2.24, 2.45) is 11.1 Å². The number of benzene rings is 1. The summed E-state index contributed by atoms with van der Waals surface area (Å²) in [6.07, 6.45) is 0.746. The highest BCUT2D eigenvalue weighted by Gasteiger charge is 2.39. The van der Waals surface area contributed by atoms with Gasteiger partial charge in [-0.25, -0.2) is 8.42 Å². The molecule has 0 radical (unpaired) electrons. The predicted molar refractivity (Wildman–Crippen MR) is 76.4 cm³/mol. The summed E-state index contributed by atoms with van der Waals surface area (Å²) in [5.74, 6) is 0. The van der Waals surface area contributed by atoms with Crippen LogP contribution in [0.25, 0.3) is 0 Å². The molecule has 1 saturated heterocycles. The summed E-state index contributed by atoms with van der Waals surface area (Å²) in [5.41, 5.74) is 6.45. The zero-order valence-electron chi connectivity index (χ0n) is 11.8. The highest BCUT2D eigenvalue weighted by Crippen LogP contribution is 2.33. The first kappa shape index (κ1) is 15.0. The lowest BCUT2D eigenvalue weighted by Gasteiger charge is -2.22. The van der Waals surface area contributed by atoms with E-state index < -0.39 is 10.0 Å². The Morgan fingerprint density at radius 3 is 2.75 bits per heavy atom. The number of sulfonamides is 1. The van der Waals surface area contributed by atoms with Crippen molar-refractivity contribution in [3.8, 4) is 6.07 Å². The van der Waals surface area contributed by atoms with Gasteiger partial charge in [0.25, 0.3) is 0 Å². The third kappa shape index (κ3) is 2.44. The maximum absolute atomic E-state index is 12.7. The number of aryl methyl sites for hydroxylation is 1. The zero-order chi connectivity index (χ0) is 15.0. The number of rotatable bonds is 3. The van der Waals surface area contributed by atoms with Gasteiger partial charge in [0.1, 0.15) is 11.0 Å². The van der Waals surface area contributed by atoms with Crippen LogP contribution in [0.15, 0.2) is 23.1 Å². The summed E-state index contributed by atoms with van der Waals surface area (Å²) in [4.78, 5) is 0.0984. The maximum Gasteiger partial charge on any atom is 0.244 e. The van der Waals surface area contributed by atoms with Crippen LogP contribution in [0.3, 0.4) is 0 Å². The molecule has 20 heavy (non-hydrogen) atoms. The van der Waals surface area contributed by atoms with E-state index in [-0.39, 0.29) is 15.9 Å². The van der Waals surface area contributed by atoms with Gasteiger partial charge in [-0.05, 0) is 36.9 Å². The van der Waals surface area contributed by atoms with Crippen molar-refractivity contribution in [2.75, 3.05) is 19.6 Å². The second-order valence-electron chi connectivity index (χ2n) is 5.66. The largest absolute Gasteiger partial charge is 0.330 e. The molecule has 0 saturated carbocycles. The van der Waals surface area contributed by atoms with Crippen LogP contribution < -0.4 is 5.73 Å². The summed E-state index contributed by atoms with van der Waals surface area (Å²) >= 11 is 0. The van der Waals surface area contributed by atoms with Crippen LogP contribution in [0.2, 0.25) is 0 Å². The third-order valence-electron chi connectivity index (χ3n) is 3.98. The molecule has 0 aliphatic carbocycles. The van der Waals surface area contributed by atoms with E-state index in [2.05, 4.69) is 0 Å². The highest BCUT2D eigenvalue weighted by atomic mass is 32.2. The predicted octanol–water partition coefficient (Wildman–Crippen LogP) is 1.23. The van der Waals surface area contributed by atoms with E-state index in [9.17, 15) is 13.7 Å². The Morgan fingerprint density at radius 2 is 2.20 bits per heavy atom. The molecule has 1 atom stereocenters. The molecule has 5 nitrogen and oxygen atoms in total. The van der Waals surface area contributed by atoms with Gasteiger partial charge >= 0.3 is 0 Å². The first-order valence-corrected chi connectivity index (χ1v) is 7.98. The van der Waals surface area contributed by atoms with E-state index in [1.807, 2.05) is 13.0 Å². The summed E-state index contributed by atoms with van der Waals surface area (Å²) < 4.78 is 26.8. The normalized spacial score (nSPS) is 23.7. The molecule has 0 amide bonds. The molecule has 1 aromatic rings. The lowest BCUT2D eigenvalue weighted by atomic mass is 9.90. The van der Waals surface area contributed by atoms with Gasteiger partial charge in [0.2, 0.25) is 10.0 Å². The van der Waals surface area contributed by atoms with Gasteiger partial charge < -0.3 is 5.73 Å². The lowest BCUT2D eigenvalue weighted by molar-refractivity contribution is 0.349. The van der Waals surface area contributed by atoms with Crippen LogP contribution in [0, 0.1) is 23.7 Å². The molecule has 0 aromatic heterocycles. The van der Waals surface area contributed by atoms with Crippen LogP contribution >= 0.6 is 0 Å². The molecular formula is C14H19N3O2S. The van der Waals surface area contributed by atoms with E-state index in [1.54, 1.807) is 19.1 Å². The van der Waals surface area contributed by atoms with Crippen molar-refractivity contribution in [1.82, 2.24) is 4.31 Å². The third-order valence-corrected chi connectivity index (χ3v) is 5.87. The van der Waals surface area contributed by atoms with Gasteiger partial charge in [-0.1, -0.05) is 19.1 Å². The van der Waals surface area contributed by atoms with Crippen LogP contribution in [0.1, 0.15) is 24.5 Å². The Hall–Kier alpha value is -1.42. The minimum atomic E-state index is -3.63. The standard InChI is InChI=1S/C14H19N3O2S/c1-11-4-3-5-13(12(11)8-15)20(18,19)17-7-6-14(2,9-16)10-17/h3-5H,6-7,9-10,16H2,1-2H3. The number of nitrogens with two attached hydrogens (primary N) is 1. The monoisotopic (exact) mass is 293 g/mol. The van der Waals surface area contributed by atoms with Crippen LogP contribution in [-0.2, 0) is 10.0 Å². The van der Waals surface area contributed by atoms with Crippen molar-refractivity contribution in [3.05, 3.63) is 29.3 Å². The Bertz CT molecular complexity index is 663. The second kappa shape index (κ2) is 5.17. The van der Waals surface area contributed by atoms with Gasteiger partial charge in [0.15, 0.2) is 0 Å². The minimum Gasteiger partial charge on any atom is -0.330 e. The van der Waals surface area contributed by atoms with Gasteiger partial charge in [-0.2, -0.15) is 9.57 Å². The van der Waals surface area contributed by atoms with Crippen molar-refractivity contribution in [3.63, 3.8) is 0 Å². The first-order chi connectivity index (χ1) is 9.34. The molecule has 1 fully saturated rings. The topological polar surface area (TPSA) is 87.2 Å². The van der Waals surface area contributed by atoms with Crippen LogP contribution in [0.5, 0.6) is 0 Å². The summed E-state index contributed by atoms with van der Waals surface area (Å²) in [5, 5.41) is 9.20. The maximum atomic E-state index is 12.7. The minimum absolute atomic E-state index is 0.0984. The SMILES string of the molecule is Cc1cccc(S(=O)(=O)N2CCC(C)(CN)C2)c1C#N. The van der Waals surface area contributed by atoms with E-state index in [1.165, 1.54) is 10.4 Å². The van der Waals surface area contributed by atoms with E-state index >= 15 is 0 Å². The van der Waals surface area contributed by atoms with E-state index in [4.69, 9.17) is 5.73 Å². The molecule has 1 unspecified atom stereocenters. The smallest absolute Gasteiger partial charge is 0.244 e. The van der Waals surface area contributed by atoms with Crippen molar-refractivity contribution in [1.29, 1.82) is 5.26 Å². The Labute approximate surface area is 120 Å².